The molecule has 0 unspecified atom stereocenters. The van der Waals surface area contributed by atoms with E-state index in [4.69, 9.17) is 22.1 Å². The zero-order valence-electron chi connectivity index (χ0n) is 15.0. The normalized spacial score (nSPS) is 18.1. The maximum atomic E-state index is 14.7. The number of benzene rings is 1. The van der Waals surface area contributed by atoms with Crippen molar-refractivity contribution in [3.8, 4) is 5.75 Å². The molecule has 4 rings (SSSR count). The van der Waals surface area contributed by atoms with Crippen molar-refractivity contribution < 1.29 is 19.0 Å². The summed E-state index contributed by atoms with van der Waals surface area (Å²) >= 11 is 6.45. The van der Waals surface area contributed by atoms with Crippen molar-refractivity contribution in [1.29, 1.82) is 0 Å². The summed E-state index contributed by atoms with van der Waals surface area (Å²) in [5.41, 5.74) is 4.92. The first-order valence-electron chi connectivity index (χ1n) is 9.02. The highest BCUT2D eigenvalue weighted by Gasteiger charge is 2.32. The molecule has 0 bridgehead atoms. The second-order valence-corrected chi connectivity index (χ2v) is 7.95. The highest BCUT2D eigenvalue weighted by atomic mass is 35.5. The minimum Gasteiger partial charge on any atom is -0.487 e. The van der Waals surface area contributed by atoms with Gasteiger partial charge in [-0.1, -0.05) is 24.4 Å². The van der Waals surface area contributed by atoms with Gasteiger partial charge in [-0.15, -0.1) is 12.4 Å². The van der Waals surface area contributed by atoms with Gasteiger partial charge in [0.05, 0.1) is 16.4 Å². The Morgan fingerprint density at radius 1 is 1.39 bits per heavy atom. The van der Waals surface area contributed by atoms with Gasteiger partial charge in [0.2, 0.25) is 5.43 Å². The van der Waals surface area contributed by atoms with Crippen molar-refractivity contribution >= 4 is 40.9 Å². The van der Waals surface area contributed by atoms with E-state index in [9.17, 15) is 19.1 Å². The molecule has 2 saturated carbocycles. The summed E-state index contributed by atoms with van der Waals surface area (Å²) in [6.07, 6.45) is 6.59. The van der Waals surface area contributed by atoms with Gasteiger partial charge in [-0.3, -0.25) is 4.79 Å². The molecule has 1 heterocycles. The molecule has 3 N–H and O–H groups in total. The number of carboxylic acids is 1. The maximum Gasteiger partial charge on any atom is 0.341 e. The predicted octanol–water partition coefficient (Wildman–Crippen LogP) is 3.90. The Kier molecular flexibility index (Phi) is 5.62. The number of hydrogen-bond acceptors (Lipinski definition) is 4. The molecule has 2 fully saturated rings. The topological polar surface area (TPSA) is 94.6 Å². The van der Waals surface area contributed by atoms with Gasteiger partial charge in [-0.2, -0.15) is 0 Å². The molecule has 0 radical (unpaired) electrons. The van der Waals surface area contributed by atoms with E-state index in [1.807, 2.05) is 0 Å². The van der Waals surface area contributed by atoms with E-state index >= 15 is 0 Å². The molecule has 0 saturated heterocycles. The Labute approximate surface area is 171 Å². The van der Waals surface area contributed by atoms with Crippen LogP contribution in [0, 0.1) is 5.82 Å². The lowest BCUT2D eigenvalue weighted by atomic mass is 10.0. The van der Waals surface area contributed by atoms with Gasteiger partial charge in [0.15, 0.2) is 11.6 Å². The molecule has 28 heavy (non-hydrogen) atoms. The molecular formula is C19H21Cl2FN2O4. The van der Waals surface area contributed by atoms with Gasteiger partial charge in [0.25, 0.3) is 0 Å². The molecule has 2 aliphatic rings. The summed E-state index contributed by atoms with van der Waals surface area (Å²) in [4.78, 5) is 23.9. The van der Waals surface area contributed by atoms with Crippen LogP contribution in [0.5, 0.6) is 5.75 Å². The van der Waals surface area contributed by atoms with Crippen LogP contribution in [0.25, 0.3) is 10.9 Å². The number of fused-ring (bicyclic) bond motifs is 1. The summed E-state index contributed by atoms with van der Waals surface area (Å²) in [5, 5.41) is 9.22. The van der Waals surface area contributed by atoms with E-state index in [1.54, 1.807) is 4.57 Å². The van der Waals surface area contributed by atoms with Crippen LogP contribution < -0.4 is 15.9 Å². The predicted molar refractivity (Wildman–Crippen MR) is 107 cm³/mol. The van der Waals surface area contributed by atoms with Crippen LogP contribution in [-0.2, 0) is 0 Å². The number of rotatable bonds is 5. The fraction of sp³-hybridized carbons (Fsp3) is 0.474. The minimum atomic E-state index is -1.35. The average molecular weight is 431 g/mol. The summed E-state index contributed by atoms with van der Waals surface area (Å²) in [6, 6.07) is 1.06. The van der Waals surface area contributed by atoms with E-state index in [2.05, 4.69) is 0 Å². The molecule has 2 aliphatic carbocycles. The minimum absolute atomic E-state index is 0. The number of pyridine rings is 1. The van der Waals surface area contributed by atoms with Crippen LogP contribution in [0.1, 0.15) is 54.9 Å². The molecule has 0 spiro atoms. The third-order valence-corrected chi connectivity index (χ3v) is 5.79. The molecule has 0 aliphatic heterocycles. The van der Waals surface area contributed by atoms with E-state index in [-0.39, 0.29) is 41.2 Å². The van der Waals surface area contributed by atoms with Gasteiger partial charge in [-0.25, -0.2) is 9.18 Å². The van der Waals surface area contributed by atoms with Gasteiger partial charge in [0, 0.05) is 12.2 Å². The monoisotopic (exact) mass is 430 g/mol. The van der Waals surface area contributed by atoms with Crippen molar-refractivity contribution in [2.75, 3.05) is 6.61 Å². The Morgan fingerprint density at radius 3 is 2.61 bits per heavy atom. The zero-order valence-corrected chi connectivity index (χ0v) is 16.6. The van der Waals surface area contributed by atoms with Crippen LogP contribution >= 0.6 is 24.0 Å². The fourth-order valence-corrected chi connectivity index (χ4v) is 4.13. The Balaban J connectivity index is 0.00000225. The second-order valence-electron chi connectivity index (χ2n) is 7.57. The van der Waals surface area contributed by atoms with Crippen LogP contribution in [0.15, 0.2) is 17.1 Å². The van der Waals surface area contributed by atoms with Gasteiger partial charge >= 0.3 is 5.97 Å². The lowest BCUT2D eigenvalue weighted by Gasteiger charge is -2.24. The van der Waals surface area contributed by atoms with Crippen molar-refractivity contribution in [2.45, 2.75) is 50.1 Å². The molecular weight excluding hydrogens is 410 g/mol. The summed E-state index contributed by atoms with van der Waals surface area (Å²) in [6.45, 7) is 0.135. The van der Waals surface area contributed by atoms with Crippen LogP contribution in [-0.4, -0.2) is 27.8 Å². The quantitative estimate of drug-likeness (QED) is 0.749. The maximum absolute atomic E-state index is 14.7. The third-order valence-electron chi connectivity index (χ3n) is 5.44. The van der Waals surface area contributed by atoms with E-state index in [0.717, 1.165) is 44.6 Å². The first-order chi connectivity index (χ1) is 12.8. The average Bonchev–Trinajstić information content (AvgIpc) is 3.36. The van der Waals surface area contributed by atoms with Crippen LogP contribution in [0.4, 0.5) is 4.39 Å². The Bertz CT molecular complexity index is 998. The number of hydrogen-bond donors (Lipinski definition) is 2. The molecule has 2 aromatic rings. The summed E-state index contributed by atoms with van der Waals surface area (Å²) < 4.78 is 22.0. The molecule has 1 aromatic carbocycles. The number of nitrogens with two attached hydrogens (primary N) is 1. The number of nitrogens with zero attached hydrogens (tertiary/aromatic N) is 1. The number of carbonyl (C=O) groups is 1. The van der Waals surface area contributed by atoms with E-state index in [0.29, 0.717) is 5.52 Å². The number of aromatic nitrogens is 1. The number of carboxylic acid groups (broad SMARTS) is 1. The highest BCUT2D eigenvalue weighted by Crippen LogP contribution is 2.42. The number of halogens is 3. The third kappa shape index (κ3) is 3.58. The second kappa shape index (κ2) is 7.54. The largest absolute Gasteiger partial charge is 0.487 e. The van der Waals surface area contributed by atoms with Gasteiger partial charge < -0.3 is 20.1 Å². The molecule has 9 heteroatoms. The smallest absolute Gasteiger partial charge is 0.341 e. The Morgan fingerprint density at radius 2 is 2.04 bits per heavy atom. The summed E-state index contributed by atoms with van der Waals surface area (Å²) in [7, 11) is 0. The van der Waals surface area contributed by atoms with Crippen molar-refractivity contribution in [3.63, 3.8) is 0 Å². The first-order valence-corrected chi connectivity index (χ1v) is 9.40. The van der Waals surface area contributed by atoms with Crippen LogP contribution in [0.3, 0.4) is 0 Å². The molecule has 0 amide bonds. The SMILES string of the molecule is Cl.NC1(COc2c(F)cc3c(=O)c(C(=O)O)cn(C4CC4)c3c2Cl)CCCC1. The zero-order chi connectivity index (χ0) is 19.3. The summed E-state index contributed by atoms with van der Waals surface area (Å²) in [5.74, 6) is -2.28. The molecule has 152 valence electrons. The highest BCUT2D eigenvalue weighted by molar-refractivity contribution is 6.36. The van der Waals surface area contributed by atoms with Gasteiger partial charge in [-0.05, 0) is 31.7 Å². The van der Waals surface area contributed by atoms with Crippen molar-refractivity contribution in [3.05, 3.63) is 38.9 Å². The van der Waals surface area contributed by atoms with Crippen LogP contribution in [0.2, 0.25) is 5.02 Å². The molecule has 0 atom stereocenters. The Hall–Kier alpha value is -1.83. The van der Waals surface area contributed by atoms with Gasteiger partial charge in [0.1, 0.15) is 17.2 Å². The standard InChI is InChI=1S/C19H20ClFN2O4.ClH/c20-14-15-11(16(24)12(18(25)26)8-23(15)10-3-4-10)7-13(21)17(14)27-9-19(22)5-1-2-6-19;/h7-8,10H,1-6,9,22H2,(H,25,26);1H. The number of aromatic carboxylic acids is 1. The fourth-order valence-electron chi connectivity index (χ4n) is 3.79. The van der Waals surface area contributed by atoms with Crippen molar-refractivity contribution in [2.24, 2.45) is 5.73 Å². The lowest BCUT2D eigenvalue weighted by molar-refractivity contribution is 0.0695. The lowest BCUT2D eigenvalue weighted by Crippen LogP contribution is -2.42. The number of ether oxygens (including phenoxy) is 1. The van der Waals surface area contributed by atoms with Crippen molar-refractivity contribution in [1.82, 2.24) is 4.57 Å². The molecule has 1 aromatic heterocycles. The van der Waals surface area contributed by atoms with E-state index in [1.165, 1.54) is 6.20 Å². The van der Waals surface area contributed by atoms with E-state index < -0.39 is 28.3 Å². The molecule has 6 nitrogen and oxygen atoms in total. The first kappa shape index (κ1) is 20.9.